The Hall–Kier alpha value is -0.240. The number of rotatable bonds is 6. The van der Waals surface area contributed by atoms with Gasteiger partial charge in [0.25, 0.3) is 0 Å². The van der Waals surface area contributed by atoms with Gasteiger partial charge in [0.15, 0.2) is 0 Å². The van der Waals surface area contributed by atoms with Crippen molar-refractivity contribution in [1.29, 1.82) is 0 Å². The monoisotopic (exact) mass is 203 g/mol. The molecular formula is C10H18ClNO. The van der Waals surface area contributed by atoms with Crippen molar-refractivity contribution in [2.45, 2.75) is 32.6 Å². The third-order valence-corrected chi connectivity index (χ3v) is 2.52. The Bertz CT molecular complexity index is 168. The molecule has 0 atom stereocenters. The van der Waals surface area contributed by atoms with Crippen LogP contribution in [0.5, 0.6) is 0 Å². The first-order chi connectivity index (χ1) is 6.27. The molecule has 13 heavy (non-hydrogen) atoms. The van der Waals surface area contributed by atoms with Crippen LogP contribution in [-0.4, -0.2) is 29.8 Å². The summed E-state index contributed by atoms with van der Waals surface area (Å²) < 4.78 is 0. The number of nitrogens with zero attached hydrogens (tertiary/aromatic N) is 1. The van der Waals surface area contributed by atoms with E-state index in [0.717, 1.165) is 25.4 Å². The van der Waals surface area contributed by atoms with Crippen LogP contribution >= 0.6 is 11.6 Å². The van der Waals surface area contributed by atoms with Crippen molar-refractivity contribution in [3.8, 4) is 0 Å². The van der Waals surface area contributed by atoms with E-state index in [1.54, 1.807) is 0 Å². The molecule has 2 nitrogen and oxygen atoms in total. The highest BCUT2D eigenvalue weighted by atomic mass is 35.5. The second kappa shape index (κ2) is 5.48. The summed E-state index contributed by atoms with van der Waals surface area (Å²) in [5.74, 6) is 1.46. The zero-order valence-electron chi connectivity index (χ0n) is 8.26. The number of carbonyl (C=O) groups is 1. The second-order valence-electron chi connectivity index (χ2n) is 3.72. The van der Waals surface area contributed by atoms with Crippen molar-refractivity contribution in [3.63, 3.8) is 0 Å². The normalized spacial score (nSPS) is 15.8. The minimum atomic E-state index is 0.226. The average molecular weight is 204 g/mol. The summed E-state index contributed by atoms with van der Waals surface area (Å²) in [6.45, 7) is 3.96. The van der Waals surface area contributed by atoms with Crippen LogP contribution in [0, 0.1) is 5.92 Å². The van der Waals surface area contributed by atoms with Crippen molar-refractivity contribution in [1.82, 2.24) is 4.90 Å². The van der Waals surface area contributed by atoms with Gasteiger partial charge in [-0.1, -0.05) is 6.92 Å². The van der Waals surface area contributed by atoms with Crippen LogP contribution in [0.25, 0.3) is 0 Å². The Morgan fingerprint density at radius 1 is 1.54 bits per heavy atom. The van der Waals surface area contributed by atoms with Gasteiger partial charge in [-0.25, -0.2) is 0 Å². The first-order valence-corrected chi connectivity index (χ1v) is 5.65. The molecule has 1 amide bonds. The van der Waals surface area contributed by atoms with E-state index in [0.29, 0.717) is 12.3 Å². The molecule has 0 radical (unpaired) electrons. The van der Waals surface area contributed by atoms with Crippen molar-refractivity contribution in [2.75, 3.05) is 19.0 Å². The molecule has 1 rings (SSSR count). The summed E-state index contributed by atoms with van der Waals surface area (Å²) in [4.78, 5) is 13.5. The highest BCUT2D eigenvalue weighted by Crippen LogP contribution is 2.29. The SMILES string of the molecule is CCCN(CC1CC1)C(=O)CCCl. The van der Waals surface area contributed by atoms with Crippen LogP contribution in [0.1, 0.15) is 32.6 Å². The minimum Gasteiger partial charge on any atom is -0.342 e. The predicted octanol–water partition coefficient (Wildman–Crippen LogP) is 2.26. The second-order valence-corrected chi connectivity index (χ2v) is 4.10. The van der Waals surface area contributed by atoms with E-state index in [2.05, 4.69) is 6.92 Å². The lowest BCUT2D eigenvalue weighted by molar-refractivity contribution is -0.131. The van der Waals surface area contributed by atoms with Crippen LogP contribution in [0.2, 0.25) is 0 Å². The first kappa shape index (κ1) is 10.8. The van der Waals surface area contributed by atoms with Crippen molar-refractivity contribution < 1.29 is 4.79 Å². The van der Waals surface area contributed by atoms with Crippen molar-refractivity contribution in [3.05, 3.63) is 0 Å². The van der Waals surface area contributed by atoms with Crippen LogP contribution in [0.15, 0.2) is 0 Å². The van der Waals surface area contributed by atoms with Gasteiger partial charge < -0.3 is 4.90 Å². The largest absolute Gasteiger partial charge is 0.342 e. The number of hydrogen-bond donors (Lipinski definition) is 0. The topological polar surface area (TPSA) is 20.3 Å². The third-order valence-electron chi connectivity index (χ3n) is 2.33. The van der Waals surface area contributed by atoms with E-state index < -0.39 is 0 Å². The third kappa shape index (κ3) is 3.99. The Morgan fingerprint density at radius 2 is 2.23 bits per heavy atom. The lowest BCUT2D eigenvalue weighted by Crippen LogP contribution is -2.33. The lowest BCUT2D eigenvalue weighted by atomic mass is 10.3. The zero-order chi connectivity index (χ0) is 9.68. The van der Waals surface area contributed by atoms with Gasteiger partial charge in [-0.05, 0) is 25.2 Å². The minimum absolute atomic E-state index is 0.226. The van der Waals surface area contributed by atoms with Gasteiger partial charge in [0.2, 0.25) is 5.91 Å². The molecule has 0 saturated heterocycles. The summed E-state index contributed by atoms with van der Waals surface area (Å²) in [5, 5.41) is 0. The van der Waals surface area contributed by atoms with E-state index in [1.807, 2.05) is 4.90 Å². The first-order valence-electron chi connectivity index (χ1n) is 5.11. The highest BCUT2D eigenvalue weighted by molar-refractivity contribution is 6.18. The Balaban J connectivity index is 2.29. The number of hydrogen-bond acceptors (Lipinski definition) is 1. The fourth-order valence-electron chi connectivity index (χ4n) is 1.44. The van der Waals surface area contributed by atoms with Crippen molar-refractivity contribution in [2.24, 2.45) is 5.92 Å². The highest BCUT2D eigenvalue weighted by Gasteiger charge is 2.25. The summed E-state index contributed by atoms with van der Waals surface area (Å²) in [6, 6.07) is 0. The Labute approximate surface area is 85.2 Å². The van der Waals surface area contributed by atoms with Crippen molar-refractivity contribution >= 4 is 17.5 Å². The van der Waals surface area contributed by atoms with Crippen LogP contribution in [0.3, 0.4) is 0 Å². The smallest absolute Gasteiger partial charge is 0.223 e. The fraction of sp³-hybridized carbons (Fsp3) is 0.900. The predicted molar refractivity (Wildman–Crippen MR) is 54.9 cm³/mol. The average Bonchev–Trinajstić information content (AvgIpc) is 2.88. The molecule has 0 bridgehead atoms. The molecule has 0 heterocycles. The standard InChI is InChI=1S/C10H18ClNO/c1-2-7-12(8-9-3-4-9)10(13)5-6-11/h9H,2-8H2,1H3. The van der Waals surface area contributed by atoms with E-state index in [4.69, 9.17) is 11.6 Å². The molecule has 0 aromatic carbocycles. The van der Waals surface area contributed by atoms with Crippen LogP contribution < -0.4 is 0 Å². The maximum absolute atomic E-state index is 11.5. The Kier molecular flexibility index (Phi) is 4.57. The zero-order valence-corrected chi connectivity index (χ0v) is 9.02. The summed E-state index contributed by atoms with van der Waals surface area (Å²) >= 11 is 5.55. The van der Waals surface area contributed by atoms with Crippen LogP contribution in [-0.2, 0) is 4.79 Å². The van der Waals surface area contributed by atoms with Gasteiger partial charge >= 0.3 is 0 Å². The maximum Gasteiger partial charge on any atom is 0.223 e. The summed E-state index contributed by atoms with van der Waals surface area (Å²) in [5.41, 5.74) is 0. The number of alkyl halides is 1. The molecule has 0 N–H and O–H groups in total. The molecule has 0 spiro atoms. The summed E-state index contributed by atoms with van der Waals surface area (Å²) in [7, 11) is 0. The quantitative estimate of drug-likeness (QED) is 0.607. The molecule has 76 valence electrons. The van der Waals surface area contributed by atoms with Crippen LogP contribution in [0.4, 0.5) is 0 Å². The van der Waals surface area contributed by atoms with Gasteiger partial charge in [0.05, 0.1) is 0 Å². The molecule has 1 saturated carbocycles. The van der Waals surface area contributed by atoms with E-state index in [1.165, 1.54) is 12.8 Å². The van der Waals surface area contributed by atoms with E-state index in [9.17, 15) is 4.79 Å². The van der Waals surface area contributed by atoms with Gasteiger partial charge in [-0.15, -0.1) is 11.6 Å². The molecule has 0 aromatic rings. The molecule has 0 unspecified atom stereocenters. The van der Waals surface area contributed by atoms with Gasteiger partial charge in [-0.3, -0.25) is 4.79 Å². The molecule has 0 aliphatic heterocycles. The molecular weight excluding hydrogens is 186 g/mol. The molecule has 1 aliphatic carbocycles. The number of halogens is 1. The summed E-state index contributed by atoms with van der Waals surface area (Å²) in [6.07, 6.45) is 4.14. The van der Waals surface area contributed by atoms with Gasteiger partial charge in [0.1, 0.15) is 0 Å². The fourth-order valence-corrected chi connectivity index (χ4v) is 1.60. The maximum atomic E-state index is 11.5. The number of carbonyl (C=O) groups excluding carboxylic acids is 1. The van der Waals surface area contributed by atoms with E-state index >= 15 is 0 Å². The molecule has 1 aliphatic rings. The molecule has 0 aromatic heterocycles. The lowest BCUT2D eigenvalue weighted by Gasteiger charge is -2.21. The van der Waals surface area contributed by atoms with E-state index in [-0.39, 0.29) is 5.91 Å². The van der Waals surface area contributed by atoms with Gasteiger partial charge in [0, 0.05) is 25.4 Å². The Morgan fingerprint density at radius 3 is 2.69 bits per heavy atom. The number of amides is 1. The molecule has 3 heteroatoms. The molecule has 1 fully saturated rings. The van der Waals surface area contributed by atoms with Gasteiger partial charge in [-0.2, -0.15) is 0 Å².